The van der Waals surface area contributed by atoms with E-state index in [0.717, 1.165) is 14.0 Å². The van der Waals surface area contributed by atoms with Gasteiger partial charge in [0.1, 0.15) is 12.6 Å². The van der Waals surface area contributed by atoms with E-state index in [-0.39, 0.29) is 32.1 Å². The van der Waals surface area contributed by atoms with Gasteiger partial charge < -0.3 is 15.1 Å². The van der Waals surface area contributed by atoms with Gasteiger partial charge in [-0.15, -0.1) is 0 Å². The lowest BCUT2D eigenvalue weighted by Crippen LogP contribution is -2.57. The molecule has 0 bridgehead atoms. The molecule has 0 saturated carbocycles. The van der Waals surface area contributed by atoms with E-state index in [0.29, 0.717) is 4.90 Å². The highest BCUT2D eigenvalue weighted by Crippen LogP contribution is 2.25. The average Bonchev–Trinajstić information content (AvgIpc) is 2.52. The van der Waals surface area contributed by atoms with Crippen molar-refractivity contribution >= 4 is 11.9 Å². The van der Waals surface area contributed by atoms with Gasteiger partial charge in [-0.25, -0.2) is 0 Å². The highest BCUT2D eigenvalue weighted by molar-refractivity contribution is 5.86. The van der Waals surface area contributed by atoms with Gasteiger partial charge in [-0.05, 0) is 6.92 Å². The Labute approximate surface area is 147 Å². The smallest absolute Gasteiger partial charge is 0.347 e. The van der Waals surface area contributed by atoms with Crippen LogP contribution in [0.4, 0.5) is 26.3 Å². The van der Waals surface area contributed by atoms with Gasteiger partial charge in [0.25, 0.3) is 0 Å². The zero-order valence-corrected chi connectivity index (χ0v) is 14.8. The number of alkyl halides is 6. The number of piperazine rings is 1. The number of hydrogen-bond donors (Lipinski definition) is 1. The molecule has 1 unspecified atom stereocenters. The van der Waals surface area contributed by atoms with Crippen LogP contribution in [0.3, 0.4) is 0 Å². The van der Waals surface area contributed by atoms with Crippen LogP contribution in [0.1, 0.15) is 6.92 Å². The number of carbonyl (C=O) groups excluding carboxylic acids is 1. The van der Waals surface area contributed by atoms with Crippen LogP contribution in [-0.4, -0.2) is 98.3 Å². The second kappa shape index (κ2) is 8.78. The molecular weight excluding hydrogens is 368 g/mol. The summed E-state index contributed by atoms with van der Waals surface area (Å²) >= 11 is 0. The second-order valence-corrected chi connectivity index (χ2v) is 6.01. The van der Waals surface area contributed by atoms with Crippen LogP contribution >= 0.6 is 0 Å². The Hall–Kier alpha value is -1.72. The molecule has 6 nitrogen and oxygen atoms in total. The highest BCUT2D eigenvalue weighted by Gasteiger charge is 2.41. The summed E-state index contributed by atoms with van der Waals surface area (Å²) in [5, 5.41) is 2.66. The molecule has 0 spiro atoms. The Kier molecular flexibility index (Phi) is 7.54. The summed E-state index contributed by atoms with van der Waals surface area (Å²) in [5.74, 6) is -0.508. The third-order valence-corrected chi connectivity index (χ3v) is 4.09. The molecule has 1 amide bonds. The number of hydrogen-bond acceptors (Lipinski definition) is 3. The monoisotopic (exact) mass is 391 g/mol. The third kappa shape index (κ3) is 6.89. The molecule has 0 aromatic carbocycles. The first kappa shape index (κ1) is 22.3. The third-order valence-electron chi connectivity index (χ3n) is 4.09. The molecule has 26 heavy (non-hydrogen) atoms. The zero-order chi connectivity index (χ0) is 20.1. The predicted molar refractivity (Wildman–Crippen MR) is 83.7 cm³/mol. The normalized spacial score (nSPS) is 18.7. The first-order valence-electron chi connectivity index (χ1n) is 7.92. The molecule has 0 aromatic rings. The van der Waals surface area contributed by atoms with Gasteiger partial charge in [0.05, 0.1) is 6.54 Å². The van der Waals surface area contributed by atoms with Crippen LogP contribution in [0.15, 0.2) is 4.99 Å². The maximum atomic E-state index is 12.7. The van der Waals surface area contributed by atoms with E-state index in [9.17, 15) is 31.1 Å². The van der Waals surface area contributed by atoms with Gasteiger partial charge in [-0.1, -0.05) is 0 Å². The number of carbonyl (C=O) groups is 1. The van der Waals surface area contributed by atoms with Gasteiger partial charge in [0.2, 0.25) is 5.91 Å². The van der Waals surface area contributed by atoms with Gasteiger partial charge in [0, 0.05) is 40.3 Å². The average molecular weight is 391 g/mol. The Morgan fingerprint density at radius 3 is 2.12 bits per heavy atom. The molecule has 1 rings (SSSR count). The van der Waals surface area contributed by atoms with Crippen molar-refractivity contribution in [3.05, 3.63) is 0 Å². The Morgan fingerprint density at radius 2 is 1.69 bits per heavy atom. The number of amides is 1. The van der Waals surface area contributed by atoms with Crippen LogP contribution in [0.25, 0.3) is 0 Å². The summed E-state index contributed by atoms with van der Waals surface area (Å²) in [6.45, 7) is 0.169. The maximum Gasteiger partial charge on any atom is 0.406 e. The minimum absolute atomic E-state index is 0.156. The lowest BCUT2D eigenvalue weighted by molar-refractivity contribution is -0.181. The van der Waals surface area contributed by atoms with Crippen LogP contribution in [0, 0.1) is 0 Å². The lowest BCUT2D eigenvalue weighted by Gasteiger charge is -2.39. The summed E-state index contributed by atoms with van der Waals surface area (Å²) in [4.78, 5) is 19.2. The van der Waals surface area contributed by atoms with E-state index in [4.69, 9.17) is 0 Å². The first-order valence-corrected chi connectivity index (χ1v) is 7.92. The number of nitrogens with zero attached hydrogens (tertiary/aromatic N) is 4. The Balaban J connectivity index is 2.50. The topological polar surface area (TPSA) is 51.2 Å². The van der Waals surface area contributed by atoms with Gasteiger partial charge >= 0.3 is 12.4 Å². The summed E-state index contributed by atoms with van der Waals surface area (Å²) < 4.78 is 75.1. The molecule has 1 fully saturated rings. The number of rotatable bonds is 4. The molecule has 0 aliphatic carbocycles. The van der Waals surface area contributed by atoms with E-state index >= 15 is 0 Å². The van der Waals surface area contributed by atoms with Crippen molar-refractivity contribution in [3.63, 3.8) is 0 Å². The Morgan fingerprint density at radius 1 is 1.15 bits per heavy atom. The molecule has 1 aliphatic rings. The molecule has 152 valence electrons. The van der Waals surface area contributed by atoms with Crippen molar-refractivity contribution in [3.8, 4) is 0 Å². The number of nitrogens with one attached hydrogen (secondary N) is 1. The number of halogens is 6. The van der Waals surface area contributed by atoms with E-state index in [1.54, 1.807) is 4.90 Å². The largest absolute Gasteiger partial charge is 0.406 e. The fourth-order valence-electron chi connectivity index (χ4n) is 2.51. The zero-order valence-electron chi connectivity index (χ0n) is 14.8. The second-order valence-electron chi connectivity index (χ2n) is 6.01. The van der Waals surface area contributed by atoms with Crippen molar-refractivity contribution in [2.24, 2.45) is 4.99 Å². The van der Waals surface area contributed by atoms with Crippen LogP contribution in [0.5, 0.6) is 0 Å². The van der Waals surface area contributed by atoms with E-state index in [2.05, 4.69) is 10.3 Å². The van der Waals surface area contributed by atoms with Crippen LogP contribution in [0.2, 0.25) is 0 Å². The fourth-order valence-corrected chi connectivity index (χ4v) is 2.51. The lowest BCUT2D eigenvalue weighted by atomic mass is 10.2. The first-order chi connectivity index (χ1) is 11.8. The van der Waals surface area contributed by atoms with Gasteiger partial charge in [-0.3, -0.25) is 14.7 Å². The number of guanidine groups is 1. The van der Waals surface area contributed by atoms with Crippen molar-refractivity contribution in [2.75, 3.05) is 53.4 Å². The molecule has 0 radical (unpaired) electrons. The molecule has 1 heterocycles. The van der Waals surface area contributed by atoms with Crippen molar-refractivity contribution in [2.45, 2.75) is 25.3 Å². The summed E-state index contributed by atoms with van der Waals surface area (Å²) in [5.41, 5.74) is 0. The molecule has 1 atom stereocenters. The van der Waals surface area contributed by atoms with Crippen LogP contribution < -0.4 is 5.32 Å². The summed E-state index contributed by atoms with van der Waals surface area (Å²) in [6.07, 6.45) is -8.80. The number of aliphatic imine (C=N–C) groups is 1. The van der Waals surface area contributed by atoms with Gasteiger partial charge in [0.15, 0.2) is 5.96 Å². The SMILES string of the molecule is CN=C(NCC(=O)N(C)CC(F)(F)F)N1CCN(C(C)C(F)(F)F)CC1. The Bertz CT molecular complexity index is 499. The molecule has 1 aliphatic heterocycles. The fraction of sp³-hybridized carbons (Fsp3) is 0.857. The molecule has 12 heteroatoms. The molecule has 1 saturated heterocycles. The summed E-state index contributed by atoms with van der Waals surface area (Å²) in [7, 11) is 2.47. The van der Waals surface area contributed by atoms with Crippen molar-refractivity contribution < 1.29 is 31.1 Å². The molecular formula is C14H23F6N5O. The minimum atomic E-state index is -4.49. The van der Waals surface area contributed by atoms with E-state index in [1.807, 2.05) is 0 Å². The maximum absolute atomic E-state index is 12.7. The van der Waals surface area contributed by atoms with E-state index < -0.39 is 37.4 Å². The minimum Gasteiger partial charge on any atom is -0.347 e. The van der Waals surface area contributed by atoms with Crippen molar-refractivity contribution in [1.29, 1.82) is 0 Å². The highest BCUT2D eigenvalue weighted by atomic mass is 19.4. The molecule has 1 N–H and O–H groups in total. The van der Waals surface area contributed by atoms with E-state index in [1.165, 1.54) is 11.9 Å². The predicted octanol–water partition coefficient (Wildman–Crippen LogP) is 1.15. The standard InChI is InChI=1S/C14H23F6N5O/c1-10(14(18,19)20)24-4-6-25(7-5-24)12(21-2)22-8-11(26)23(3)9-13(15,16)17/h10H,4-9H2,1-3H3,(H,21,22). The summed E-state index contributed by atoms with van der Waals surface area (Å²) in [6, 6.07) is -1.56. The van der Waals surface area contributed by atoms with Crippen LogP contribution in [-0.2, 0) is 4.79 Å². The number of likely N-dealkylation sites (N-methyl/N-ethyl adjacent to an activating group) is 1. The quantitative estimate of drug-likeness (QED) is 0.444. The van der Waals surface area contributed by atoms with Gasteiger partial charge in [-0.2, -0.15) is 26.3 Å². The van der Waals surface area contributed by atoms with Crippen molar-refractivity contribution in [1.82, 2.24) is 20.0 Å². The molecule has 0 aromatic heterocycles.